The van der Waals surface area contributed by atoms with Crippen LogP contribution in [0.25, 0.3) is 0 Å². The number of aromatic nitrogens is 2. The smallest absolute Gasteiger partial charge is 0.342 e. The Morgan fingerprint density at radius 2 is 2.30 bits per heavy atom. The fourth-order valence-electron chi connectivity index (χ4n) is 1.74. The van der Waals surface area contributed by atoms with Crippen molar-refractivity contribution in [2.45, 2.75) is 6.54 Å². The molecule has 2 N–H and O–H groups in total. The first-order valence-electron chi connectivity index (χ1n) is 5.70. The second-order valence-electron chi connectivity index (χ2n) is 4.17. The van der Waals surface area contributed by atoms with Crippen LogP contribution in [0, 0.1) is 10.1 Å². The number of nitro benzene ring substituents is 1. The Bertz CT molecular complexity index is 665. The Labute approximate surface area is 113 Å². The molecule has 1 heterocycles. The minimum Gasteiger partial charge on any atom is -0.477 e. The maximum Gasteiger partial charge on any atom is 0.342 e. The summed E-state index contributed by atoms with van der Waals surface area (Å²) in [5, 5.41) is 26.7. The van der Waals surface area contributed by atoms with Crippen LogP contribution >= 0.6 is 0 Å². The number of rotatable bonds is 5. The zero-order chi connectivity index (χ0) is 14.7. The maximum atomic E-state index is 11.0. The average Bonchev–Trinajstić information content (AvgIpc) is 2.81. The van der Waals surface area contributed by atoms with E-state index in [1.54, 1.807) is 17.9 Å². The average molecular weight is 276 g/mol. The fraction of sp³-hybridized carbons (Fsp3) is 0.167. The lowest BCUT2D eigenvalue weighted by molar-refractivity contribution is -0.385. The Kier molecular flexibility index (Phi) is 3.65. The maximum absolute atomic E-state index is 11.0. The summed E-state index contributed by atoms with van der Waals surface area (Å²) >= 11 is 0. The van der Waals surface area contributed by atoms with Crippen molar-refractivity contribution in [2.24, 2.45) is 7.05 Å². The van der Waals surface area contributed by atoms with Gasteiger partial charge >= 0.3 is 5.97 Å². The van der Waals surface area contributed by atoms with Gasteiger partial charge in [-0.25, -0.2) is 4.79 Å². The number of aromatic carboxylic acids is 1. The molecule has 1 aromatic carbocycles. The molecule has 0 fully saturated rings. The summed E-state index contributed by atoms with van der Waals surface area (Å²) in [5.41, 5.74) is 0.648. The van der Waals surface area contributed by atoms with Crippen molar-refractivity contribution < 1.29 is 14.8 Å². The SMILES string of the molecule is Cn1cc(CNc2ccc([N+](=O)[O-])c(C(=O)O)c2)cn1. The normalized spacial score (nSPS) is 10.2. The van der Waals surface area contributed by atoms with E-state index in [2.05, 4.69) is 10.4 Å². The molecule has 0 saturated carbocycles. The summed E-state index contributed by atoms with van der Waals surface area (Å²) in [4.78, 5) is 21.0. The van der Waals surface area contributed by atoms with Gasteiger partial charge < -0.3 is 10.4 Å². The highest BCUT2D eigenvalue weighted by Crippen LogP contribution is 2.23. The third kappa shape index (κ3) is 2.91. The van der Waals surface area contributed by atoms with Crippen LogP contribution in [0.2, 0.25) is 0 Å². The highest BCUT2D eigenvalue weighted by molar-refractivity contribution is 5.93. The number of benzene rings is 1. The van der Waals surface area contributed by atoms with Gasteiger partial charge in [0.2, 0.25) is 0 Å². The lowest BCUT2D eigenvalue weighted by atomic mass is 10.1. The molecular formula is C12H12N4O4. The first-order valence-corrected chi connectivity index (χ1v) is 5.70. The quantitative estimate of drug-likeness (QED) is 0.634. The van der Waals surface area contributed by atoms with Crippen LogP contribution in [0.1, 0.15) is 15.9 Å². The Morgan fingerprint density at radius 1 is 1.55 bits per heavy atom. The summed E-state index contributed by atoms with van der Waals surface area (Å²) < 4.78 is 1.65. The molecule has 0 spiro atoms. The number of aryl methyl sites for hydroxylation is 1. The molecule has 0 unspecified atom stereocenters. The zero-order valence-electron chi connectivity index (χ0n) is 10.6. The van der Waals surface area contributed by atoms with Crippen molar-refractivity contribution >= 4 is 17.3 Å². The molecule has 0 aliphatic carbocycles. The number of nitro groups is 1. The predicted octanol–water partition coefficient (Wildman–Crippen LogP) is 1.64. The summed E-state index contributed by atoms with van der Waals surface area (Å²) in [6.07, 6.45) is 3.49. The number of carboxylic acid groups (broad SMARTS) is 1. The molecule has 1 aromatic heterocycles. The number of anilines is 1. The van der Waals surface area contributed by atoms with Crippen LogP contribution in [0.4, 0.5) is 11.4 Å². The van der Waals surface area contributed by atoms with Crippen molar-refractivity contribution in [3.05, 3.63) is 51.8 Å². The van der Waals surface area contributed by atoms with Gasteiger partial charge in [-0.05, 0) is 12.1 Å². The number of hydrogen-bond donors (Lipinski definition) is 2. The van der Waals surface area contributed by atoms with Gasteiger partial charge in [0.15, 0.2) is 0 Å². The van der Waals surface area contributed by atoms with Gasteiger partial charge in [0.1, 0.15) is 5.56 Å². The minimum absolute atomic E-state index is 0.341. The van der Waals surface area contributed by atoms with Gasteiger partial charge in [-0.1, -0.05) is 0 Å². The van der Waals surface area contributed by atoms with Gasteiger partial charge in [0, 0.05) is 37.1 Å². The van der Waals surface area contributed by atoms with E-state index < -0.39 is 16.6 Å². The molecule has 104 valence electrons. The van der Waals surface area contributed by atoms with E-state index in [1.165, 1.54) is 18.2 Å². The third-order valence-corrected chi connectivity index (χ3v) is 2.68. The molecule has 8 nitrogen and oxygen atoms in total. The summed E-state index contributed by atoms with van der Waals surface area (Å²) in [6, 6.07) is 3.90. The molecular weight excluding hydrogens is 264 g/mol. The molecule has 0 radical (unpaired) electrons. The molecule has 0 aliphatic rings. The molecule has 0 atom stereocenters. The topological polar surface area (TPSA) is 110 Å². The van der Waals surface area contributed by atoms with Crippen LogP contribution in [0.3, 0.4) is 0 Å². The van der Waals surface area contributed by atoms with E-state index in [0.717, 1.165) is 5.56 Å². The van der Waals surface area contributed by atoms with E-state index in [0.29, 0.717) is 12.2 Å². The Balaban J connectivity index is 2.18. The molecule has 20 heavy (non-hydrogen) atoms. The number of carbonyl (C=O) groups is 1. The lowest BCUT2D eigenvalue weighted by Crippen LogP contribution is -2.05. The molecule has 2 rings (SSSR count). The second kappa shape index (κ2) is 5.39. The Morgan fingerprint density at radius 3 is 2.85 bits per heavy atom. The number of hydrogen-bond acceptors (Lipinski definition) is 5. The van der Waals surface area contributed by atoms with Crippen molar-refractivity contribution in [1.29, 1.82) is 0 Å². The third-order valence-electron chi connectivity index (χ3n) is 2.68. The first-order chi connectivity index (χ1) is 9.47. The number of carboxylic acids is 1. The van der Waals surface area contributed by atoms with Crippen molar-refractivity contribution in [3.63, 3.8) is 0 Å². The van der Waals surface area contributed by atoms with Gasteiger partial charge in [0.25, 0.3) is 5.69 Å². The van der Waals surface area contributed by atoms with Gasteiger partial charge in [-0.2, -0.15) is 5.10 Å². The summed E-state index contributed by atoms with van der Waals surface area (Å²) in [7, 11) is 1.79. The molecule has 0 bridgehead atoms. The molecule has 8 heteroatoms. The lowest BCUT2D eigenvalue weighted by Gasteiger charge is -2.06. The monoisotopic (exact) mass is 276 g/mol. The molecule has 0 amide bonds. The van der Waals surface area contributed by atoms with Crippen molar-refractivity contribution in [2.75, 3.05) is 5.32 Å². The molecule has 0 aliphatic heterocycles. The van der Waals surface area contributed by atoms with Crippen LogP contribution in [0.15, 0.2) is 30.6 Å². The zero-order valence-corrected chi connectivity index (χ0v) is 10.6. The van der Waals surface area contributed by atoms with Gasteiger partial charge in [-0.3, -0.25) is 14.8 Å². The molecule has 2 aromatic rings. The molecule has 0 saturated heterocycles. The first kappa shape index (κ1) is 13.5. The van der Waals surface area contributed by atoms with Gasteiger partial charge in [0.05, 0.1) is 11.1 Å². The highest BCUT2D eigenvalue weighted by Gasteiger charge is 2.19. The Hall–Kier alpha value is -2.90. The van der Waals surface area contributed by atoms with Crippen LogP contribution in [-0.4, -0.2) is 25.8 Å². The van der Waals surface area contributed by atoms with Gasteiger partial charge in [-0.15, -0.1) is 0 Å². The fourth-order valence-corrected chi connectivity index (χ4v) is 1.74. The van der Waals surface area contributed by atoms with E-state index in [-0.39, 0.29) is 5.56 Å². The largest absolute Gasteiger partial charge is 0.477 e. The van der Waals surface area contributed by atoms with Crippen LogP contribution < -0.4 is 5.32 Å². The van der Waals surface area contributed by atoms with E-state index >= 15 is 0 Å². The van der Waals surface area contributed by atoms with Crippen LogP contribution in [0.5, 0.6) is 0 Å². The number of nitrogens with one attached hydrogen (secondary N) is 1. The van der Waals surface area contributed by atoms with E-state index in [4.69, 9.17) is 5.11 Å². The highest BCUT2D eigenvalue weighted by atomic mass is 16.6. The summed E-state index contributed by atoms with van der Waals surface area (Å²) in [5.74, 6) is -1.33. The van der Waals surface area contributed by atoms with Crippen molar-refractivity contribution in [3.8, 4) is 0 Å². The predicted molar refractivity (Wildman–Crippen MR) is 70.6 cm³/mol. The second-order valence-corrected chi connectivity index (χ2v) is 4.17. The standard InChI is InChI=1S/C12H12N4O4/c1-15-7-8(6-14-15)5-13-9-2-3-11(16(19)20)10(4-9)12(17)18/h2-4,6-7,13H,5H2,1H3,(H,17,18). The van der Waals surface area contributed by atoms with Crippen LogP contribution in [-0.2, 0) is 13.6 Å². The van der Waals surface area contributed by atoms with Crippen molar-refractivity contribution in [1.82, 2.24) is 9.78 Å². The van der Waals surface area contributed by atoms with E-state index in [1.807, 2.05) is 6.20 Å². The number of nitrogens with zero attached hydrogens (tertiary/aromatic N) is 3. The summed E-state index contributed by atoms with van der Waals surface area (Å²) in [6.45, 7) is 0.449. The minimum atomic E-state index is -1.33. The van der Waals surface area contributed by atoms with E-state index in [9.17, 15) is 14.9 Å².